The minimum absolute atomic E-state index is 0.112. The van der Waals surface area contributed by atoms with Gasteiger partial charge in [0, 0.05) is 17.7 Å². The summed E-state index contributed by atoms with van der Waals surface area (Å²) in [5.41, 5.74) is 2.07. The van der Waals surface area contributed by atoms with E-state index in [1.165, 1.54) is 12.8 Å². The van der Waals surface area contributed by atoms with Crippen LogP contribution in [0.3, 0.4) is 0 Å². The van der Waals surface area contributed by atoms with Crippen LogP contribution in [0.2, 0.25) is 0 Å². The van der Waals surface area contributed by atoms with Gasteiger partial charge in [-0.25, -0.2) is 0 Å². The van der Waals surface area contributed by atoms with Crippen LogP contribution in [0.4, 0.5) is 0 Å². The molecule has 0 atom stereocenters. The number of rotatable bonds is 7. The summed E-state index contributed by atoms with van der Waals surface area (Å²) in [4.78, 5) is 2.41. The zero-order valence-electron chi connectivity index (χ0n) is 12.8. The normalized spacial score (nSPS) is 10.2. The van der Waals surface area contributed by atoms with Gasteiger partial charge in [-0.3, -0.25) is 4.90 Å². The summed E-state index contributed by atoms with van der Waals surface area (Å²) in [6, 6.07) is 5.92. The van der Waals surface area contributed by atoms with Gasteiger partial charge in [0.2, 0.25) is 0 Å². The van der Waals surface area contributed by atoms with E-state index >= 15 is 0 Å². The van der Waals surface area contributed by atoms with Gasteiger partial charge in [0.25, 0.3) is 0 Å². The Morgan fingerprint density at radius 3 is 2.70 bits per heavy atom. The van der Waals surface area contributed by atoms with Crippen molar-refractivity contribution in [1.29, 1.82) is 0 Å². The van der Waals surface area contributed by atoms with Gasteiger partial charge in [0.1, 0.15) is 12.4 Å². The Hall–Kier alpha value is -1.50. The number of methoxy groups -OCH3 is 1. The monoisotopic (exact) mass is 275 g/mol. The number of aliphatic hydroxyl groups is 1. The van der Waals surface area contributed by atoms with E-state index in [4.69, 9.17) is 9.84 Å². The zero-order valence-corrected chi connectivity index (χ0v) is 12.8. The van der Waals surface area contributed by atoms with Crippen molar-refractivity contribution in [3.05, 3.63) is 29.3 Å². The van der Waals surface area contributed by atoms with Crippen molar-refractivity contribution in [3.8, 4) is 17.6 Å². The van der Waals surface area contributed by atoms with Gasteiger partial charge in [0.05, 0.1) is 7.11 Å². The molecular weight excluding hydrogens is 250 g/mol. The molecule has 3 nitrogen and oxygen atoms in total. The summed E-state index contributed by atoms with van der Waals surface area (Å²) < 4.78 is 5.43. The van der Waals surface area contributed by atoms with E-state index in [2.05, 4.69) is 36.7 Å². The molecule has 0 spiro atoms. The summed E-state index contributed by atoms with van der Waals surface area (Å²) in [5.74, 6) is 6.53. The second-order valence-electron chi connectivity index (χ2n) is 4.71. The van der Waals surface area contributed by atoms with Gasteiger partial charge >= 0.3 is 0 Å². The molecule has 0 unspecified atom stereocenters. The molecule has 0 aliphatic carbocycles. The predicted molar refractivity (Wildman–Crippen MR) is 82.8 cm³/mol. The van der Waals surface area contributed by atoms with Crippen LogP contribution in [0.25, 0.3) is 0 Å². The van der Waals surface area contributed by atoms with Crippen LogP contribution in [0.1, 0.15) is 37.8 Å². The van der Waals surface area contributed by atoms with Crippen LogP contribution < -0.4 is 4.74 Å². The molecule has 0 bridgehead atoms. The maximum atomic E-state index is 8.77. The first-order chi connectivity index (χ1) is 9.74. The van der Waals surface area contributed by atoms with Gasteiger partial charge in [-0.1, -0.05) is 32.1 Å². The highest BCUT2D eigenvalue weighted by atomic mass is 16.5. The molecule has 0 fully saturated rings. The second-order valence-corrected chi connectivity index (χ2v) is 4.71. The molecule has 1 rings (SSSR count). The van der Waals surface area contributed by atoms with E-state index < -0.39 is 0 Å². The minimum atomic E-state index is -0.112. The number of unbranched alkanes of at least 4 members (excludes halogenated alkanes) is 1. The number of nitrogens with zero attached hydrogens (tertiary/aromatic N) is 1. The number of aliphatic hydroxyl groups excluding tert-OH is 1. The fourth-order valence-corrected chi connectivity index (χ4v) is 2.09. The molecule has 1 N–H and O–H groups in total. The number of benzene rings is 1. The Kier molecular flexibility index (Phi) is 7.79. The first-order valence-corrected chi connectivity index (χ1v) is 7.24. The Labute approximate surface area is 122 Å². The smallest absolute Gasteiger partial charge is 0.123 e. The lowest BCUT2D eigenvalue weighted by molar-refractivity contribution is 0.270. The third-order valence-electron chi connectivity index (χ3n) is 3.26. The lowest BCUT2D eigenvalue weighted by Crippen LogP contribution is -2.24. The fourth-order valence-electron chi connectivity index (χ4n) is 2.09. The van der Waals surface area contributed by atoms with Crippen molar-refractivity contribution in [2.24, 2.45) is 0 Å². The third kappa shape index (κ3) is 5.24. The van der Waals surface area contributed by atoms with Crippen LogP contribution in [0.15, 0.2) is 18.2 Å². The van der Waals surface area contributed by atoms with Crippen LogP contribution in [0, 0.1) is 11.8 Å². The number of hydrogen-bond donors (Lipinski definition) is 1. The molecule has 3 heteroatoms. The van der Waals surface area contributed by atoms with E-state index in [1.807, 2.05) is 12.1 Å². The van der Waals surface area contributed by atoms with Crippen molar-refractivity contribution in [1.82, 2.24) is 4.90 Å². The molecular formula is C17H25NO2. The van der Waals surface area contributed by atoms with Gasteiger partial charge in [0.15, 0.2) is 0 Å². The molecule has 0 aromatic heterocycles. The van der Waals surface area contributed by atoms with E-state index in [0.29, 0.717) is 0 Å². The van der Waals surface area contributed by atoms with Gasteiger partial charge in [-0.2, -0.15) is 0 Å². The van der Waals surface area contributed by atoms with Crippen molar-refractivity contribution in [3.63, 3.8) is 0 Å². The molecule has 0 radical (unpaired) electrons. The highest BCUT2D eigenvalue weighted by Gasteiger charge is 2.08. The minimum Gasteiger partial charge on any atom is -0.496 e. The number of ether oxygens (including phenoxy) is 1. The topological polar surface area (TPSA) is 32.7 Å². The van der Waals surface area contributed by atoms with Crippen LogP contribution in [-0.4, -0.2) is 36.8 Å². The summed E-state index contributed by atoms with van der Waals surface area (Å²) in [6.07, 6.45) is 2.41. The molecule has 1 aromatic rings. The van der Waals surface area contributed by atoms with Gasteiger partial charge in [-0.05, 0) is 37.7 Å². The van der Waals surface area contributed by atoms with Gasteiger partial charge < -0.3 is 9.84 Å². The van der Waals surface area contributed by atoms with Crippen molar-refractivity contribution < 1.29 is 9.84 Å². The van der Waals surface area contributed by atoms with Crippen molar-refractivity contribution in [2.45, 2.75) is 33.2 Å². The second kappa shape index (κ2) is 9.41. The Morgan fingerprint density at radius 2 is 2.10 bits per heavy atom. The Morgan fingerprint density at radius 1 is 1.30 bits per heavy atom. The summed E-state index contributed by atoms with van der Waals surface area (Å²) in [5, 5.41) is 8.77. The molecule has 0 aliphatic heterocycles. The maximum Gasteiger partial charge on any atom is 0.123 e. The standard InChI is InChI=1S/C17H25NO2/c1-4-6-11-18(5-2)14-16-13-15(8-7-12-19)9-10-17(16)20-3/h9-10,13,19H,4-6,11-12,14H2,1-3H3. The number of hydrogen-bond acceptors (Lipinski definition) is 3. The quantitative estimate of drug-likeness (QED) is 0.777. The van der Waals surface area contributed by atoms with E-state index in [1.54, 1.807) is 7.11 Å². The first kappa shape index (κ1) is 16.6. The summed E-state index contributed by atoms with van der Waals surface area (Å²) in [7, 11) is 1.69. The van der Waals surface area contributed by atoms with Crippen LogP contribution >= 0.6 is 0 Å². The fraction of sp³-hybridized carbons (Fsp3) is 0.529. The van der Waals surface area contributed by atoms with E-state index in [9.17, 15) is 0 Å². The lowest BCUT2D eigenvalue weighted by Gasteiger charge is -2.21. The predicted octanol–water partition coefficient (Wildman–Crippen LogP) is 2.66. The highest BCUT2D eigenvalue weighted by molar-refractivity contribution is 5.44. The molecule has 0 saturated carbocycles. The molecule has 0 heterocycles. The van der Waals surface area contributed by atoms with Crippen molar-refractivity contribution in [2.75, 3.05) is 26.8 Å². The third-order valence-corrected chi connectivity index (χ3v) is 3.26. The molecule has 110 valence electrons. The molecule has 20 heavy (non-hydrogen) atoms. The van der Waals surface area contributed by atoms with Crippen LogP contribution in [-0.2, 0) is 6.54 Å². The zero-order chi connectivity index (χ0) is 14.8. The van der Waals surface area contributed by atoms with Crippen LogP contribution in [0.5, 0.6) is 5.75 Å². The SMILES string of the molecule is CCCCN(CC)Cc1cc(C#CCO)ccc1OC. The first-order valence-electron chi connectivity index (χ1n) is 7.24. The average molecular weight is 275 g/mol. The maximum absolute atomic E-state index is 8.77. The summed E-state index contributed by atoms with van der Waals surface area (Å²) >= 11 is 0. The molecule has 1 aromatic carbocycles. The molecule has 0 aliphatic rings. The molecule has 0 amide bonds. The van der Waals surface area contributed by atoms with E-state index in [0.717, 1.165) is 36.5 Å². The lowest BCUT2D eigenvalue weighted by atomic mass is 10.1. The average Bonchev–Trinajstić information content (AvgIpc) is 2.49. The largest absolute Gasteiger partial charge is 0.496 e. The summed E-state index contributed by atoms with van der Waals surface area (Å²) in [6.45, 7) is 7.27. The Bertz CT molecular complexity index is 460. The highest BCUT2D eigenvalue weighted by Crippen LogP contribution is 2.21. The Balaban J connectivity index is 2.89. The van der Waals surface area contributed by atoms with Gasteiger partial charge in [-0.15, -0.1) is 0 Å². The molecule has 0 saturated heterocycles. The van der Waals surface area contributed by atoms with Crippen molar-refractivity contribution >= 4 is 0 Å². The van der Waals surface area contributed by atoms with E-state index in [-0.39, 0.29) is 6.61 Å².